The fraction of sp³-hybridized carbons (Fsp3) is 0.500. The third kappa shape index (κ3) is 4.06. The second-order valence-electron chi connectivity index (χ2n) is 5.24. The fourth-order valence-electron chi connectivity index (χ4n) is 2.75. The van der Waals surface area contributed by atoms with E-state index in [0.717, 1.165) is 25.2 Å². The van der Waals surface area contributed by atoms with Crippen molar-refractivity contribution < 1.29 is 0 Å². The first-order chi connectivity index (χ1) is 8.70. The molecule has 2 heterocycles. The maximum Gasteiger partial charge on any atom is 0.108 e. The molecule has 0 amide bonds. The van der Waals surface area contributed by atoms with Gasteiger partial charge in [-0.25, -0.2) is 4.98 Å². The largest absolute Gasteiger partial charge is 0.309 e. The van der Waals surface area contributed by atoms with Gasteiger partial charge in [-0.05, 0) is 26.0 Å². The fourth-order valence-corrected chi connectivity index (χ4v) is 3.76. The number of thiazole rings is 1. The molecular weight excluding hydrogens is 313 g/mol. The van der Waals surface area contributed by atoms with Crippen molar-refractivity contribution in [2.75, 3.05) is 13.1 Å². The summed E-state index contributed by atoms with van der Waals surface area (Å²) in [6.45, 7) is 7.71. The minimum atomic E-state index is 0. The zero-order chi connectivity index (χ0) is 12.5. The van der Waals surface area contributed by atoms with Gasteiger partial charge < -0.3 is 5.32 Å². The summed E-state index contributed by atoms with van der Waals surface area (Å²) in [6, 6.07) is 9.53. The molecule has 112 valence electrons. The summed E-state index contributed by atoms with van der Waals surface area (Å²) in [7, 11) is 0. The smallest absolute Gasteiger partial charge is 0.108 e. The van der Waals surface area contributed by atoms with Gasteiger partial charge in [0.05, 0.1) is 16.8 Å². The summed E-state index contributed by atoms with van der Waals surface area (Å²) in [4.78, 5) is 7.22. The number of aromatic nitrogens is 1. The number of nitrogens with one attached hydrogen (secondary N) is 1. The molecular formula is C14H21Cl2N3S. The summed E-state index contributed by atoms with van der Waals surface area (Å²) in [5.41, 5.74) is 1.13. The quantitative estimate of drug-likeness (QED) is 0.913. The van der Waals surface area contributed by atoms with Crippen molar-refractivity contribution in [1.29, 1.82) is 0 Å². The van der Waals surface area contributed by atoms with Crippen LogP contribution in [-0.4, -0.2) is 35.1 Å². The van der Waals surface area contributed by atoms with Gasteiger partial charge in [-0.2, -0.15) is 0 Å². The number of halogens is 2. The Balaban J connectivity index is 0.000001000. The zero-order valence-corrected chi connectivity index (χ0v) is 14.2. The highest BCUT2D eigenvalue weighted by molar-refractivity contribution is 7.18. The number of benzene rings is 1. The second kappa shape index (κ2) is 7.57. The molecule has 3 rings (SSSR count). The molecule has 0 saturated carbocycles. The molecule has 2 atom stereocenters. The van der Waals surface area contributed by atoms with Gasteiger partial charge in [-0.1, -0.05) is 12.1 Å². The van der Waals surface area contributed by atoms with Crippen molar-refractivity contribution in [1.82, 2.24) is 15.2 Å². The molecule has 1 aliphatic rings. The van der Waals surface area contributed by atoms with E-state index in [1.807, 2.05) is 11.3 Å². The molecule has 2 unspecified atom stereocenters. The average molecular weight is 334 g/mol. The lowest BCUT2D eigenvalue weighted by molar-refractivity contribution is 0.166. The van der Waals surface area contributed by atoms with Crippen LogP contribution in [-0.2, 0) is 6.54 Å². The van der Waals surface area contributed by atoms with Gasteiger partial charge in [0.2, 0.25) is 0 Å². The minimum Gasteiger partial charge on any atom is -0.309 e. The first-order valence-corrected chi connectivity index (χ1v) is 7.35. The number of nitrogens with zero attached hydrogens (tertiary/aromatic N) is 2. The Morgan fingerprint density at radius 2 is 1.85 bits per heavy atom. The lowest BCUT2D eigenvalue weighted by Gasteiger charge is -2.35. The van der Waals surface area contributed by atoms with E-state index >= 15 is 0 Å². The van der Waals surface area contributed by atoms with E-state index in [1.54, 1.807) is 0 Å². The minimum absolute atomic E-state index is 0. The lowest BCUT2D eigenvalue weighted by Crippen LogP contribution is -2.53. The van der Waals surface area contributed by atoms with E-state index in [2.05, 4.69) is 48.3 Å². The molecule has 1 aromatic carbocycles. The van der Waals surface area contributed by atoms with Gasteiger partial charge in [0.15, 0.2) is 0 Å². The highest BCUT2D eigenvalue weighted by atomic mass is 35.5. The van der Waals surface area contributed by atoms with E-state index in [4.69, 9.17) is 4.98 Å². The van der Waals surface area contributed by atoms with Crippen molar-refractivity contribution in [2.45, 2.75) is 32.5 Å². The molecule has 0 bridgehead atoms. The van der Waals surface area contributed by atoms with Crippen LogP contribution in [0.5, 0.6) is 0 Å². The standard InChI is InChI=1S/C14H19N3S.2ClH/c1-10-7-17(8-11(2)15-10)9-14-16-12-5-3-4-6-13(12)18-14;;/h3-6,10-11,15H,7-9H2,1-2H3;2*1H. The maximum atomic E-state index is 4.71. The monoisotopic (exact) mass is 333 g/mol. The van der Waals surface area contributed by atoms with Crippen LogP contribution in [0.15, 0.2) is 24.3 Å². The number of para-hydroxylation sites is 1. The van der Waals surface area contributed by atoms with E-state index in [-0.39, 0.29) is 24.8 Å². The number of hydrogen-bond acceptors (Lipinski definition) is 4. The Morgan fingerprint density at radius 1 is 1.20 bits per heavy atom. The summed E-state index contributed by atoms with van der Waals surface area (Å²) in [6.07, 6.45) is 0. The first kappa shape index (κ1) is 17.7. The lowest BCUT2D eigenvalue weighted by atomic mass is 10.1. The maximum absolute atomic E-state index is 4.71. The Morgan fingerprint density at radius 3 is 2.50 bits per heavy atom. The van der Waals surface area contributed by atoms with Gasteiger partial charge in [0.25, 0.3) is 0 Å². The summed E-state index contributed by atoms with van der Waals surface area (Å²) in [5.74, 6) is 0. The molecule has 1 aliphatic heterocycles. The normalized spacial score (nSPS) is 23.1. The van der Waals surface area contributed by atoms with Crippen molar-refractivity contribution in [3.63, 3.8) is 0 Å². The predicted molar refractivity (Wildman–Crippen MR) is 91.5 cm³/mol. The van der Waals surface area contributed by atoms with Crippen LogP contribution >= 0.6 is 36.2 Å². The van der Waals surface area contributed by atoms with Gasteiger partial charge >= 0.3 is 0 Å². The van der Waals surface area contributed by atoms with Crippen LogP contribution in [0.3, 0.4) is 0 Å². The van der Waals surface area contributed by atoms with E-state index in [9.17, 15) is 0 Å². The molecule has 0 spiro atoms. The topological polar surface area (TPSA) is 28.2 Å². The summed E-state index contributed by atoms with van der Waals surface area (Å²) < 4.78 is 1.30. The Hall–Kier alpha value is -0.390. The Labute approximate surface area is 136 Å². The molecule has 1 fully saturated rings. The highest BCUT2D eigenvalue weighted by Gasteiger charge is 2.21. The van der Waals surface area contributed by atoms with Crippen LogP contribution in [0, 0.1) is 0 Å². The highest BCUT2D eigenvalue weighted by Crippen LogP contribution is 2.23. The van der Waals surface area contributed by atoms with Crippen LogP contribution in [0.25, 0.3) is 10.2 Å². The van der Waals surface area contributed by atoms with E-state index < -0.39 is 0 Å². The first-order valence-electron chi connectivity index (χ1n) is 6.53. The number of rotatable bonds is 2. The Bertz CT molecular complexity index is 503. The average Bonchev–Trinajstić information content (AvgIpc) is 2.69. The number of fused-ring (bicyclic) bond motifs is 1. The molecule has 3 nitrogen and oxygen atoms in total. The van der Waals surface area contributed by atoms with Crippen molar-refractivity contribution in [3.05, 3.63) is 29.3 Å². The third-order valence-electron chi connectivity index (χ3n) is 3.33. The van der Waals surface area contributed by atoms with Gasteiger partial charge in [0.1, 0.15) is 5.01 Å². The molecule has 20 heavy (non-hydrogen) atoms. The molecule has 1 N–H and O–H groups in total. The Kier molecular flexibility index (Phi) is 6.69. The van der Waals surface area contributed by atoms with Crippen LogP contribution < -0.4 is 5.32 Å². The van der Waals surface area contributed by atoms with Crippen molar-refractivity contribution >= 4 is 46.4 Å². The van der Waals surface area contributed by atoms with Gasteiger partial charge in [-0.15, -0.1) is 36.2 Å². The summed E-state index contributed by atoms with van der Waals surface area (Å²) >= 11 is 1.82. The van der Waals surface area contributed by atoms with Crippen LogP contribution in [0.4, 0.5) is 0 Å². The number of piperazine rings is 1. The molecule has 1 aromatic heterocycles. The summed E-state index contributed by atoms with van der Waals surface area (Å²) in [5, 5.41) is 4.80. The zero-order valence-electron chi connectivity index (χ0n) is 11.7. The van der Waals surface area contributed by atoms with E-state index in [1.165, 1.54) is 9.71 Å². The molecule has 2 aromatic rings. The van der Waals surface area contributed by atoms with Crippen molar-refractivity contribution in [2.24, 2.45) is 0 Å². The predicted octanol–water partition coefficient (Wildman–Crippen LogP) is 3.32. The second-order valence-corrected chi connectivity index (χ2v) is 6.35. The van der Waals surface area contributed by atoms with Gasteiger partial charge in [-0.3, -0.25) is 4.90 Å². The molecule has 0 radical (unpaired) electrons. The van der Waals surface area contributed by atoms with Gasteiger partial charge in [0, 0.05) is 25.2 Å². The van der Waals surface area contributed by atoms with Crippen molar-refractivity contribution in [3.8, 4) is 0 Å². The molecule has 6 heteroatoms. The van der Waals surface area contributed by atoms with Crippen LogP contribution in [0.2, 0.25) is 0 Å². The third-order valence-corrected chi connectivity index (χ3v) is 4.35. The van der Waals surface area contributed by atoms with E-state index in [0.29, 0.717) is 12.1 Å². The van der Waals surface area contributed by atoms with Crippen LogP contribution in [0.1, 0.15) is 18.9 Å². The number of hydrogen-bond donors (Lipinski definition) is 1. The molecule has 0 aliphatic carbocycles. The SMILES string of the molecule is CC1CN(Cc2nc3ccccc3s2)CC(C)N1.Cl.Cl. The molecule has 1 saturated heterocycles.